The molecule has 1 aromatic heterocycles. The summed E-state index contributed by atoms with van der Waals surface area (Å²) >= 11 is 18.6. The Morgan fingerprint density at radius 3 is 2.25 bits per heavy atom. The second-order valence-corrected chi connectivity index (χ2v) is 6.22. The van der Waals surface area contributed by atoms with Gasteiger partial charge in [0, 0.05) is 11.6 Å². The Bertz CT molecular complexity index is 617. The molecule has 104 valence electrons. The number of rotatable bonds is 2. The maximum Gasteiger partial charge on any atom is 0.164 e. The Hall–Kier alpha value is -0.830. The van der Waals surface area contributed by atoms with E-state index in [1.807, 2.05) is 6.07 Å². The molecule has 2 aromatic rings. The molecular weight excluding hydrogens is 315 g/mol. The lowest BCUT2D eigenvalue weighted by Gasteiger charge is -2.12. The first kappa shape index (κ1) is 14.1. The van der Waals surface area contributed by atoms with E-state index in [-0.39, 0.29) is 0 Å². The van der Waals surface area contributed by atoms with Gasteiger partial charge in [0.1, 0.15) is 5.15 Å². The van der Waals surface area contributed by atoms with Crippen LogP contribution in [0, 0.1) is 0 Å². The summed E-state index contributed by atoms with van der Waals surface area (Å²) in [6, 6.07) is 7.22. The zero-order valence-corrected chi connectivity index (χ0v) is 13.0. The summed E-state index contributed by atoms with van der Waals surface area (Å²) in [6.07, 6.45) is 4.80. The lowest BCUT2D eigenvalue weighted by molar-refractivity contribution is 0.695. The van der Waals surface area contributed by atoms with Gasteiger partial charge in [-0.05, 0) is 31.0 Å². The Morgan fingerprint density at radius 2 is 1.60 bits per heavy atom. The van der Waals surface area contributed by atoms with E-state index < -0.39 is 0 Å². The van der Waals surface area contributed by atoms with Crippen LogP contribution in [-0.2, 0) is 0 Å². The van der Waals surface area contributed by atoms with Crippen molar-refractivity contribution in [3.05, 3.63) is 45.2 Å². The van der Waals surface area contributed by atoms with E-state index in [1.165, 1.54) is 12.8 Å². The predicted octanol–water partition coefficient (Wildman–Crippen LogP) is 5.76. The number of hydrogen-bond acceptors (Lipinski definition) is 2. The molecule has 5 heteroatoms. The first-order chi connectivity index (χ1) is 9.65. The summed E-state index contributed by atoms with van der Waals surface area (Å²) in [5.74, 6) is 0.977. The van der Waals surface area contributed by atoms with Crippen LogP contribution in [0.5, 0.6) is 0 Å². The largest absolute Gasteiger partial charge is 0.233 e. The van der Waals surface area contributed by atoms with Crippen LogP contribution in [0.4, 0.5) is 0 Å². The number of halogens is 3. The molecule has 1 heterocycles. The fraction of sp³-hybridized carbons (Fsp3) is 0.333. The molecule has 0 unspecified atom stereocenters. The van der Waals surface area contributed by atoms with Crippen LogP contribution in [0.25, 0.3) is 11.4 Å². The van der Waals surface area contributed by atoms with Gasteiger partial charge < -0.3 is 0 Å². The van der Waals surface area contributed by atoms with E-state index in [2.05, 4.69) is 9.97 Å². The third-order valence-electron chi connectivity index (χ3n) is 3.67. The monoisotopic (exact) mass is 326 g/mol. The molecule has 1 aliphatic carbocycles. The Labute approximate surface area is 133 Å². The van der Waals surface area contributed by atoms with Crippen LogP contribution in [0.1, 0.15) is 37.3 Å². The molecule has 0 saturated heterocycles. The molecule has 20 heavy (non-hydrogen) atoms. The van der Waals surface area contributed by atoms with Gasteiger partial charge in [-0.1, -0.05) is 53.7 Å². The number of hydrogen-bond donors (Lipinski definition) is 0. The summed E-state index contributed by atoms with van der Waals surface area (Å²) in [5.41, 5.74) is 1.64. The first-order valence-corrected chi connectivity index (χ1v) is 7.77. The van der Waals surface area contributed by atoms with Crippen LogP contribution >= 0.6 is 34.8 Å². The maximum absolute atomic E-state index is 6.22. The smallest absolute Gasteiger partial charge is 0.164 e. The van der Waals surface area contributed by atoms with Gasteiger partial charge in [0.2, 0.25) is 0 Å². The molecule has 0 N–H and O–H groups in total. The van der Waals surface area contributed by atoms with Gasteiger partial charge in [-0.25, -0.2) is 9.97 Å². The minimum atomic E-state index is 0.438. The van der Waals surface area contributed by atoms with Crippen molar-refractivity contribution in [1.29, 1.82) is 0 Å². The van der Waals surface area contributed by atoms with Gasteiger partial charge in [0.15, 0.2) is 5.82 Å². The summed E-state index contributed by atoms with van der Waals surface area (Å²) < 4.78 is 0. The zero-order valence-electron chi connectivity index (χ0n) is 10.7. The molecule has 1 saturated carbocycles. The van der Waals surface area contributed by atoms with Crippen molar-refractivity contribution in [2.45, 2.75) is 31.6 Å². The van der Waals surface area contributed by atoms with Crippen molar-refractivity contribution in [1.82, 2.24) is 9.97 Å². The second kappa shape index (κ2) is 5.88. The summed E-state index contributed by atoms with van der Waals surface area (Å²) in [6.45, 7) is 0. The van der Waals surface area contributed by atoms with Crippen molar-refractivity contribution in [2.75, 3.05) is 0 Å². The van der Waals surface area contributed by atoms with Crippen LogP contribution in [0.15, 0.2) is 24.3 Å². The maximum atomic E-state index is 6.22. The molecule has 1 aromatic carbocycles. The molecule has 1 aliphatic rings. The predicted molar refractivity (Wildman–Crippen MR) is 83.7 cm³/mol. The SMILES string of the molecule is Clc1cc(C2CCCC2)nc(-c2c(Cl)cccc2Cl)n1. The van der Waals surface area contributed by atoms with Gasteiger partial charge in [0.05, 0.1) is 15.6 Å². The van der Waals surface area contributed by atoms with Gasteiger partial charge in [-0.3, -0.25) is 0 Å². The fourth-order valence-electron chi connectivity index (χ4n) is 2.69. The highest BCUT2D eigenvalue weighted by Gasteiger charge is 2.21. The van der Waals surface area contributed by atoms with Gasteiger partial charge >= 0.3 is 0 Å². The molecule has 0 radical (unpaired) electrons. The lowest BCUT2D eigenvalue weighted by atomic mass is 10.0. The minimum Gasteiger partial charge on any atom is -0.233 e. The van der Waals surface area contributed by atoms with E-state index in [9.17, 15) is 0 Å². The highest BCUT2D eigenvalue weighted by atomic mass is 35.5. The second-order valence-electron chi connectivity index (χ2n) is 5.02. The van der Waals surface area contributed by atoms with Crippen LogP contribution in [-0.4, -0.2) is 9.97 Å². The summed E-state index contributed by atoms with van der Waals surface area (Å²) in [5, 5.41) is 1.52. The average molecular weight is 328 g/mol. The average Bonchev–Trinajstić information content (AvgIpc) is 2.91. The van der Waals surface area contributed by atoms with Crippen molar-refractivity contribution in [3.63, 3.8) is 0 Å². The Kier molecular flexibility index (Phi) is 4.16. The fourth-order valence-corrected chi connectivity index (χ4v) is 3.45. The number of aromatic nitrogens is 2. The zero-order chi connectivity index (χ0) is 14.1. The van der Waals surface area contributed by atoms with Gasteiger partial charge in [-0.15, -0.1) is 0 Å². The van der Waals surface area contributed by atoms with Gasteiger partial charge in [0.25, 0.3) is 0 Å². The molecular formula is C15H13Cl3N2. The van der Waals surface area contributed by atoms with Crippen molar-refractivity contribution < 1.29 is 0 Å². The summed E-state index contributed by atoms with van der Waals surface area (Å²) in [4.78, 5) is 8.93. The normalized spacial score (nSPS) is 15.8. The van der Waals surface area contributed by atoms with Crippen LogP contribution < -0.4 is 0 Å². The molecule has 0 bridgehead atoms. The molecule has 1 fully saturated rings. The molecule has 3 rings (SSSR count). The standard InChI is InChI=1S/C15H13Cl3N2/c16-10-6-3-7-11(17)14(10)15-19-12(8-13(18)20-15)9-4-1-2-5-9/h3,6-9H,1-2,4-5H2. The van der Waals surface area contributed by atoms with E-state index in [0.29, 0.717) is 32.5 Å². The van der Waals surface area contributed by atoms with Crippen LogP contribution in [0.3, 0.4) is 0 Å². The number of benzene rings is 1. The third kappa shape index (κ3) is 2.78. The molecule has 0 aliphatic heterocycles. The molecule has 0 spiro atoms. The van der Waals surface area contributed by atoms with E-state index >= 15 is 0 Å². The number of nitrogens with zero attached hydrogens (tertiary/aromatic N) is 2. The highest BCUT2D eigenvalue weighted by Crippen LogP contribution is 2.37. The lowest BCUT2D eigenvalue weighted by Crippen LogP contribution is -2.01. The minimum absolute atomic E-state index is 0.438. The van der Waals surface area contributed by atoms with E-state index in [0.717, 1.165) is 18.5 Å². The van der Waals surface area contributed by atoms with E-state index in [1.54, 1.807) is 18.2 Å². The van der Waals surface area contributed by atoms with Crippen molar-refractivity contribution >= 4 is 34.8 Å². The third-order valence-corrected chi connectivity index (χ3v) is 4.50. The van der Waals surface area contributed by atoms with Crippen molar-refractivity contribution in [2.24, 2.45) is 0 Å². The Balaban J connectivity index is 2.09. The molecule has 0 atom stereocenters. The Morgan fingerprint density at radius 1 is 0.950 bits per heavy atom. The van der Waals surface area contributed by atoms with Gasteiger partial charge in [-0.2, -0.15) is 0 Å². The quantitative estimate of drug-likeness (QED) is 0.655. The first-order valence-electron chi connectivity index (χ1n) is 6.64. The highest BCUT2D eigenvalue weighted by molar-refractivity contribution is 6.39. The van der Waals surface area contributed by atoms with Crippen molar-refractivity contribution in [3.8, 4) is 11.4 Å². The summed E-state index contributed by atoms with van der Waals surface area (Å²) in [7, 11) is 0. The molecule has 0 amide bonds. The van der Waals surface area contributed by atoms with Crippen LogP contribution in [0.2, 0.25) is 15.2 Å². The van der Waals surface area contributed by atoms with E-state index in [4.69, 9.17) is 34.8 Å². The molecule has 2 nitrogen and oxygen atoms in total. The topological polar surface area (TPSA) is 25.8 Å².